The number of nitrogens with two attached hydrogens (primary N) is 1. The molecule has 1 heterocycles. The van der Waals surface area contributed by atoms with Crippen LogP contribution in [-0.4, -0.2) is 34.6 Å². The minimum absolute atomic E-state index is 0.0261. The highest BCUT2D eigenvalue weighted by Gasteiger charge is 2.18. The Kier molecular flexibility index (Phi) is 7.21. The van der Waals surface area contributed by atoms with Gasteiger partial charge in [-0.05, 0) is 59.4 Å². The zero-order chi connectivity index (χ0) is 24.0. The van der Waals surface area contributed by atoms with E-state index in [0.717, 1.165) is 53.7 Å². The smallest absolute Gasteiger partial charge is 0.251 e. The lowest BCUT2D eigenvalue weighted by atomic mass is 10.0. The van der Waals surface area contributed by atoms with E-state index in [1.807, 2.05) is 24.5 Å². The van der Waals surface area contributed by atoms with Gasteiger partial charge in [-0.25, -0.2) is 4.98 Å². The maximum atomic E-state index is 12.7. The van der Waals surface area contributed by atoms with Gasteiger partial charge in [0.05, 0.1) is 17.4 Å². The fourth-order valence-electron chi connectivity index (χ4n) is 4.86. The summed E-state index contributed by atoms with van der Waals surface area (Å²) in [6.45, 7) is 2.94. The van der Waals surface area contributed by atoms with Crippen molar-refractivity contribution in [3.8, 4) is 11.1 Å². The van der Waals surface area contributed by atoms with Gasteiger partial charge in [0.25, 0.3) is 5.91 Å². The highest BCUT2D eigenvalue weighted by molar-refractivity contribution is 5.94. The first-order valence-electron chi connectivity index (χ1n) is 12.5. The molecule has 0 unspecified atom stereocenters. The first-order chi connectivity index (χ1) is 17.2. The van der Waals surface area contributed by atoms with Crippen molar-refractivity contribution < 1.29 is 4.79 Å². The molecular formula is C29H33N5O. The van der Waals surface area contributed by atoms with Gasteiger partial charge in [0.15, 0.2) is 0 Å². The number of imidazole rings is 1. The van der Waals surface area contributed by atoms with E-state index >= 15 is 0 Å². The third-order valence-corrected chi connectivity index (χ3v) is 6.79. The number of nitrogens with zero attached hydrogens (tertiary/aromatic N) is 2. The maximum Gasteiger partial charge on any atom is 0.251 e. The Hall–Kier alpha value is -3.48. The summed E-state index contributed by atoms with van der Waals surface area (Å²) in [5.41, 5.74) is 13.0. The van der Waals surface area contributed by atoms with Crippen LogP contribution in [0.1, 0.15) is 47.2 Å². The van der Waals surface area contributed by atoms with E-state index in [9.17, 15) is 4.79 Å². The summed E-state index contributed by atoms with van der Waals surface area (Å²) in [5.74, 6) is 0.0261. The first-order valence-corrected chi connectivity index (χ1v) is 12.5. The molecular weight excluding hydrogens is 434 g/mol. The third-order valence-electron chi connectivity index (χ3n) is 6.79. The third kappa shape index (κ3) is 5.61. The Morgan fingerprint density at radius 1 is 0.971 bits per heavy atom. The van der Waals surface area contributed by atoms with Crippen LogP contribution in [0.15, 0.2) is 73.1 Å². The van der Waals surface area contributed by atoms with Crippen molar-refractivity contribution in [2.75, 3.05) is 13.1 Å². The van der Waals surface area contributed by atoms with Gasteiger partial charge in [0.1, 0.15) is 0 Å². The van der Waals surface area contributed by atoms with Gasteiger partial charge < -0.3 is 20.9 Å². The lowest BCUT2D eigenvalue weighted by molar-refractivity contribution is 0.0937. The minimum atomic E-state index is 0.0261. The number of aromatic nitrogens is 2. The zero-order valence-electron chi connectivity index (χ0n) is 20.0. The van der Waals surface area contributed by atoms with Crippen molar-refractivity contribution in [1.29, 1.82) is 0 Å². The molecule has 0 aliphatic heterocycles. The summed E-state index contributed by atoms with van der Waals surface area (Å²) in [4.78, 5) is 17.3. The summed E-state index contributed by atoms with van der Waals surface area (Å²) in [6.07, 6.45) is 6.46. The van der Waals surface area contributed by atoms with Crippen molar-refractivity contribution in [3.63, 3.8) is 0 Å². The Bertz CT molecular complexity index is 1290. The second-order valence-corrected chi connectivity index (χ2v) is 9.39. The summed E-state index contributed by atoms with van der Waals surface area (Å²) < 4.78 is 2.15. The van der Waals surface area contributed by atoms with Crippen LogP contribution in [0.4, 0.5) is 0 Å². The van der Waals surface area contributed by atoms with Crippen LogP contribution in [0.2, 0.25) is 0 Å². The predicted molar refractivity (Wildman–Crippen MR) is 141 cm³/mol. The number of carbonyl (C=O) groups excluding carboxylic acids is 1. The van der Waals surface area contributed by atoms with Crippen LogP contribution >= 0.6 is 0 Å². The molecule has 5 rings (SSSR count). The normalized spacial score (nSPS) is 14.0. The molecule has 4 aromatic rings. The second-order valence-electron chi connectivity index (χ2n) is 9.39. The lowest BCUT2D eigenvalue weighted by Gasteiger charge is -2.13. The van der Waals surface area contributed by atoms with E-state index < -0.39 is 0 Å². The molecule has 0 saturated heterocycles. The molecule has 1 aliphatic rings. The SMILES string of the molecule is NCCNCc1ccc(-c2ccc3ncn(Cc4cccc(C(=O)NC5CCCC5)c4)c3c2)cc1. The number of fused-ring (bicyclic) bond motifs is 1. The van der Waals surface area contributed by atoms with Gasteiger partial charge in [-0.15, -0.1) is 0 Å². The van der Waals surface area contributed by atoms with E-state index in [0.29, 0.717) is 19.1 Å². The lowest BCUT2D eigenvalue weighted by Crippen LogP contribution is -2.32. The van der Waals surface area contributed by atoms with E-state index in [1.165, 1.54) is 24.0 Å². The number of carbonyl (C=O) groups is 1. The van der Waals surface area contributed by atoms with Crippen molar-refractivity contribution in [3.05, 3.63) is 89.7 Å². The Morgan fingerprint density at radius 2 is 1.77 bits per heavy atom. The average Bonchev–Trinajstić information content (AvgIpc) is 3.55. The zero-order valence-corrected chi connectivity index (χ0v) is 20.0. The largest absolute Gasteiger partial charge is 0.349 e. The van der Waals surface area contributed by atoms with E-state index in [2.05, 4.69) is 68.7 Å². The van der Waals surface area contributed by atoms with Gasteiger partial charge in [-0.2, -0.15) is 0 Å². The molecule has 1 saturated carbocycles. The molecule has 0 spiro atoms. The van der Waals surface area contributed by atoms with Crippen LogP contribution in [0.5, 0.6) is 0 Å². The summed E-state index contributed by atoms with van der Waals surface area (Å²) >= 11 is 0. The van der Waals surface area contributed by atoms with Crippen LogP contribution in [0.3, 0.4) is 0 Å². The molecule has 1 fully saturated rings. The molecule has 3 aromatic carbocycles. The van der Waals surface area contributed by atoms with Crippen LogP contribution in [-0.2, 0) is 13.1 Å². The molecule has 1 aliphatic carbocycles. The number of nitrogens with one attached hydrogen (secondary N) is 2. The number of amides is 1. The molecule has 1 amide bonds. The van der Waals surface area contributed by atoms with Gasteiger partial charge >= 0.3 is 0 Å². The average molecular weight is 468 g/mol. The topological polar surface area (TPSA) is 85.0 Å². The molecule has 0 atom stereocenters. The van der Waals surface area contributed by atoms with Crippen LogP contribution in [0.25, 0.3) is 22.2 Å². The number of benzene rings is 3. The standard InChI is InChI=1S/C29H33N5O/c30-14-15-31-18-21-8-10-23(11-9-21)24-12-13-27-28(17-24)34(20-32-27)19-22-4-3-5-25(16-22)29(35)33-26-6-1-2-7-26/h3-5,8-13,16-17,20,26,31H,1-2,6-7,14-15,18-19,30H2,(H,33,35). The van der Waals surface area contributed by atoms with Gasteiger partial charge in [-0.1, -0.05) is 55.3 Å². The highest BCUT2D eigenvalue weighted by atomic mass is 16.1. The van der Waals surface area contributed by atoms with Crippen LogP contribution < -0.4 is 16.4 Å². The molecule has 35 heavy (non-hydrogen) atoms. The first kappa shape index (κ1) is 23.3. The van der Waals surface area contributed by atoms with E-state index in [1.54, 1.807) is 0 Å². The van der Waals surface area contributed by atoms with E-state index in [4.69, 9.17) is 5.73 Å². The predicted octanol–water partition coefficient (Wildman–Crippen LogP) is 4.47. The highest BCUT2D eigenvalue weighted by Crippen LogP contribution is 2.25. The maximum absolute atomic E-state index is 12.7. The Labute approximate surface area is 206 Å². The van der Waals surface area contributed by atoms with Gasteiger partial charge in [-0.3, -0.25) is 4.79 Å². The van der Waals surface area contributed by atoms with Gasteiger partial charge in [0.2, 0.25) is 0 Å². The molecule has 1 aromatic heterocycles. The minimum Gasteiger partial charge on any atom is -0.349 e. The Balaban J connectivity index is 1.32. The summed E-state index contributed by atoms with van der Waals surface area (Å²) in [5, 5.41) is 6.52. The number of hydrogen-bond acceptors (Lipinski definition) is 4. The van der Waals surface area contributed by atoms with Crippen molar-refractivity contribution in [2.24, 2.45) is 5.73 Å². The van der Waals surface area contributed by atoms with Crippen molar-refractivity contribution in [2.45, 2.75) is 44.8 Å². The van der Waals surface area contributed by atoms with Crippen LogP contribution in [0, 0.1) is 0 Å². The fraction of sp³-hybridized carbons (Fsp3) is 0.310. The quantitative estimate of drug-likeness (QED) is 0.317. The van der Waals surface area contributed by atoms with E-state index in [-0.39, 0.29) is 5.91 Å². The Morgan fingerprint density at radius 3 is 2.57 bits per heavy atom. The summed E-state index contributed by atoms with van der Waals surface area (Å²) in [6, 6.07) is 23.3. The molecule has 4 N–H and O–H groups in total. The monoisotopic (exact) mass is 467 g/mol. The molecule has 0 bridgehead atoms. The summed E-state index contributed by atoms with van der Waals surface area (Å²) in [7, 11) is 0. The number of rotatable bonds is 9. The molecule has 180 valence electrons. The van der Waals surface area contributed by atoms with Gasteiger partial charge in [0, 0.05) is 37.8 Å². The fourth-order valence-corrected chi connectivity index (χ4v) is 4.86. The van der Waals surface area contributed by atoms with Crippen molar-refractivity contribution in [1.82, 2.24) is 20.2 Å². The molecule has 6 heteroatoms. The molecule has 6 nitrogen and oxygen atoms in total. The number of hydrogen-bond donors (Lipinski definition) is 3. The second kappa shape index (κ2) is 10.8. The van der Waals surface area contributed by atoms with Crippen molar-refractivity contribution >= 4 is 16.9 Å². The molecule has 0 radical (unpaired) electrons.